The van der Waals surface area contributed by atoms with Crippen LogP contribution in [-0.4, -0.2) is 46.5 Å². The summed E-state index contributed by atoms with van der Waals surface area (Å²) < 4.78 is 11.0. The van der Waals surface area contributed by atoms with Crippen LogP contribution in [0.25, 0.3) is 0 Å². The van der Waals surface area contributed by atoms with E-state index in [9.17, 15) is 15.0 Å². The van der Waals surface area contributed by atoms with Gasteiger partial charge in [-0.05, 0) is 43.2 Å². The standard InChI is InChI=1S/C19H21NO5/c1-13(9-14-7-8-17(21)18(22)10-14)20-11-16(25-19(20)23)12-24-15-5-3-2-4-6-15/h2-8,10,13,16,21-22H,9,11-12H2,1H3/t13-,16+/m1/s1. The van der Waals surface area contributed by atoms with E-state index < -0.39 is 0 Å². The molecule has 0 unspecified atom stereocenters. The Bertz CT molecular complexity index is 734. The number of carbonyl (C=O) groups is 1. The van der Waals surface area contributed by atoms with Crippen molar-refractivity contribution < 1.29 is 24.5 Å². The van der Waals surface area contributed by atoms with Crippen molar-refractivity contribution >= 4 is 6.09 Å². The Labute approximate surface area is 146 Å². The molecule has 0 bridgehead atoms. The predicted octanol–water partition coefficient (Wildman–Crippen LogP) is 2.93. The van der Waals surface area contributed by atoms with E-state index in [1.807, 2.05) is 37.3 Å². The topological polar surface area (TPSA) is 79.2 Å². The highest BCUT2D eigenvalue weighted by atomic mass is 16.6. The van der Waals surface area contributed by atoms with E-state index in [1.165, 1.54) is 12.1 Å². The molecule has 0 aromatic heterocycles. The Balaban J connectivity index is 1.55. The highest BCUT2D eigenvalue weighted by molar-refractivity contribution is 5.70. The molecule has 25 heavy (non-hydrogen) atoms. The van der Waals surface area contributed by atoms with Crippen LogP contribution in [0.5, 0.6) is 17.2 Å². The monoisotopic (exact) mass is 343 g/mol. The second kappa shape index (κ2) is 7.34. The molecule has 1 aliphatic rings. The lowest BCUT2D eigenvalue weighted by molar-refractivity contribution is 0.102. The summed E-state index contributed by atoms with van der Waals surface area (Å²) in [5.41, 5.74) is 0.833. The Kier molecular flexibility index (Phi) is 4.97. The second-order valence-corrected chi connectivity index (χ2v) is 6.16. The first-order chi connectivity index (χ1) is 12.0. The van der Waals surface area contributed by atoms with Crippen LogP contribution in [0.2, 0.25) is 0 Å². The summed E-state index contributed by atoms with van der Waals surface area (Å²) in [6.07, 6.45) is -0.129. The van der Waals surface area contributed by atoms with Gasteiger partial charge in [-0.15, -0.1) is 0 Å². The van der Waals surface area contributed by atoms with Gasteiger partial charge < -0.3 is 24.6 Å². The molecule has 1 heterocycles. The van der Waals surface area contributed by atoms with Crippen molar-refractivity contribution in [3.05, 3.63) is 54.1 Å². The van der Waals surface area contributed by atoms with Gasteiger partial charge in [0.15, 0.2) is 17.6 Å². The van der Waals surface area contributed by atoms with Crippen LogP contribution < -0.4 is 4.74 Å². The van der Waals surface area contributed by atoms with Crippen LogP contribution in [0.1, 0.15) is 12.5 Å². The third-order valence-corrected chi connectivity index (χ3v) is 4.18. The van der Waals surface area contributed by atoms with Gasteiger partial charge in [-0.25, -0.2) is 4.79 Å². The van der Waals surface area contributed by atoms with Crippen LogP contribution >= 0.6 is 0 Å². The Morgan fingerprint density at radius 2 is 1.96 bits per heavy atom. The summed E-state index contributed by atoms with van der Waals surface area (Å²) in [7, 11) is 0. The molecule has 1 aliphatic heterocycles. The first-order valence-electron chi connectivity index (χ1n) is 8.19. The molecule has 0 aliphatic carbocycles. The number of phenolic OH excluding ortho intramolecular Hbond substituents is 2. The van der Waals surface area contributed by atoms with Crippen LogP contribution in [-0.2, 0) is 11.2 Å². The summed E-state index contributed by atoms with van der Waals surface area (Å²) in [4.78, 5) is 13.8. The molecule has 1 saturated heterocycles. The van der Waals surface area contributed by atoms with Crippen LogP contribution in [0.15, 0.2) is 48.5 Å². The van der Waals surface area contributed by atoms with Gasteiger partial charge in [-0.1, -0.05) is 24.3 Å². The van der Waals surface area contributed by atoms with E-state index in [0.717, 1.165) is 11.3 Å². The number of benzene rings is 2. The van der Waals surface area contributed by atoms with E-state index in [2.05, 4.69) is 0 Å². The van der Waals surface area contributed by atoms with Crippen molar-refractivity contribution in [3.63, 3.8) is 0 Å². The van der Waals surface area contributed by atoms with Crippen molar-refractivity contribution in [1.29, 1.82) is 0 Å². The maximum Gasteiger partial charge on any atom is 0.410 e. The van der Waals surface area contributed by atoms with Crippen molar-refractivity contribution in [2.24, 2.45) is 0 Å². The fraction of sp³-hybridized carbons (Fsp3) is 0.316. The molecule has 132 valence electrons. The van der Waals surface area contributed by atoms with Crippen molar-refractivity contribution in [3.8, 4) is 17.2 Å². The van der Waals surface area contributed by atoms with Crippen molar-refractivity contribution in [1.82, 2.24) is 4.90 Å². The summed E-state index contributed by atoms with van der Waals surface area (Å²) in [6, 6.07) is 14.0. The van der Waals surface area contributed by atoms with Gasteiger partial charge in [0.05, 0.1) is 6.54 Å². The normalized spacial score (nSPS) is 18.0. The predicted molar refractivity (Wildman–Crippen MR) is 91.8 cm³/mol. The zero-order chi connectivity index (χ0) is 17.8. The SMILES string of the molecule is C[C@H](Cc1ccc(O)c(O)c1)N1C[C@@H](COc2ccccc2)OC1=O. The Morgan fingerprint density at radius 1 is 1.20 bits per heavy atom. The zero-order valence-corrected chi connectivity index (χ0v) is 14.0. The molecule has 2 aromatic rings. The Morgan fingerprint density at radius 3 is 2.68 bits per heavy atom. The summed E-state index contributed by atoms with van der Waals surface area (Å²) in [6.45, 7) is 2.68. The minimum atomic E-state index is -0.364. The van der Waals surface area contributed by atoms with E-state index in [0.29, 0.717) is 19.6 Å². The zero-order valence-electron chi connectivity index (χ0n) is 14.0. The second-order valence-electron chi connectivity index (χ2n) is 6.16. The lowest BCUT2D eigenvalue weighted by Crippen LogP contribution is -2.36. The number of aromatic hydroxyl groups is 2. The van der Waals surface area contributed by atoms with Crippen molar-refractivity contribution in [2.75, 3.05) is 13.2 Å². The molecule has 2 N–H and O–H groups in total. The molecule has 6 heteroatoms. The van der Waals surface area contributed by atoms with E-state index in [4.69, 9.17) is 9.47 Å². The fourth-order valence-corrected chi connectivity index (χ4v) is 2.84. The molecule has 1 amide bonds. The maximum absolute atomic E-state index is 12.1. The first kappa shape index (κ1) is 17.0. The van der Waals surface area contributed by atoms with Crippen LogP contribution in [0.4, 0.5) is 4.79 Å². The van der Waals surface area contributed by atoms with Gasteiger partial charge in [-0.2, -0.15) is 0 Å². The molecular formula is C19H21NO5. The number of rotatable bonds is 6. The number of ether oxygens (including phenoxy) is 2. The van der Waals surface area contributed by atoms with Gasteiger partial charge in [-0.3, -0.25) is 0 Å². The first-order valence-corrected chi connectivity index (χ1v) is 8.19. The van der Waals surface area contributed by atoms with E-state index >= 15 is 0 Å². The quantitative estimate of drug-likeness (QED) is 0.789. The van der Waals surface area contributed by atoms with Gasteiger partial charge in [0.1, 0.15) is 12.4 Å². The minimum absolute atomic E-state index is 0.0989. The number of phenols is 2. The smallest absolute Gasteiger partial charge is 0.410 e. The third-order valence-electron chi connectivity index (χ3n) is 4.18. The van der Waals surface area contributed by atoms with Gasteiger partial charge in [0, 0.05) is 6.04 Å². The number of hydrogen-bond donors (Lipinski definition) is 2. The number of para-hydroxylation sites is 1. The largest absolute Gasteiger partial charge is 0.504 e. The molecule has 0 saturated carbocycles. The number of cyclic esters (lactones) is 1. The van der Waals surface area contributed by atoms with Gasteiger partial charge >= 0.3 is 6.09 Å². The number of nitrogens with zero attached hydrogens (tertiary/aromatic N) is 1. The highest BCUT2D eigenvalue weighted by Crippen LogP contribution is 2.26. The molecule has 0 spiro atoms. The van der Waals surface area contributed by atoms with Crippen LogP contribution in [0.3, 0.4) is 0 Å². The number of amides is 1. The average Bonchev–Trinajstić information content (AvgIpc) is 2.98. The molecule has 3 rings (SSSR count). The molecule has 1 fully saturated rings. The minimum Gasteiger partial charge on any atom is -0.504 e. The molecule has 2 aromatic carbocycles. The lowest BCUT2D eigenvalue weighted by atomic mass is 10.1. The summed E-state index contributed by atoms with van der Waals surface area (Å²) >= 11 is 0. The van der Waals surface area contributed by atoms with Gasteiger partial charge in [0.2, 0.25) is 0 Å². The van der Waals surface area contributed by atoms with Crippen molar-refractivity contribution in [2.45, 2.75) is 25.5 Å². The number of carbonyl (C=O) groups excluding carboxylic acids is 1. The number of hydrogen-bond acceptors (Lipinski definition) is 5. The Hall–Kier alpha value is -2.89. The van der Waals surface area contributed by atoms with E-state index in [1.54, 1.807) is 11.0 Å². The molecule has 0 radical (unpaired) electrons. The maximum atomic E-state index is 12.1. The summed E-state index contributed by atoms with van der Waals surface area (Å²) in [5, 5.41) is 18.9. The van der Waals surface area contributed by atoms with Gasteiger partial charge in [0.25, 0.3) is 0 Å². The average molecular weight is 343 g/mol. The highest BCUT2D eigenvalue weighted by Gasteiger charge is 2.34. The van der Waals surface area contributed by atoms with E-state index in [-0.39, 0.29) is 29.7 Å². The molecule has 6 nitrogen and oxygen atoms in total. The summed E-state index contributed by atoms with van der Waals surface area (Å²) in [5.74, 6) is 0.419. The lowest BCUT2D eigenvalue weighted by Gasteiger charge is -2.22. The fourth-order valence-electron chi connectivity index (χ4n) is 2.84. The molecular weight excluding hydrogens is 322 g/mol. The molecule has 2 atom stereocenters. The third kappa shape index (κ3) is 4.15. The van der Waals surface area contributed by atoms with Crippen LogP contribution in [0, 0.1) is 0 Å².